The molecule has 0 aliphatic carbocycles. The highest BCUT2D eigenvalue weighted by Gasteiger charge is 2.38. The molecule has 0 spiro atoms. The minimum absolute atomic E-state index is 0.0480. The van der Waals surface area contributed by atoms with E-state index in [9.17, 15) is 14.9 Å². The van der Waals surface area contributed by atoms with Gasteiger partial charge < -0.3 is 19.9 Å². The molecule has 0 amide bonds. The summed E-state index contributed by atoms with van der Waals surface area (Å²) in [4.78, 5) is 25.2. The van der Waals surface area contributed by atoms with E-state index >= 15 is 0 Å². The Hall–Kier alpha value is -2.79. The molecule has 0 radical (unpaired) electrons. The summed E-state index contributed by atoms with van der Waals surface area (Å²) in [6, 6.07) is 5.58. The number of hydrogen-bond acceptors (Lipinski definition) is 8. The topological polar surface area (TPSA) is 112 Å². The molecule has 1 aliphatic heterocycles. The summed E-state index contributed by atoms with van der Waals surface area (Å²) in [5.41, 5.74) is 6.07. The van der Waals surface area contributed by atoms with Crippen LogP contribution in [0.25, 0.3) is 0 Å². The van der Waals surface area contributed by atoms with Crippen LogP contribution >= 0.6 is 11.3 Å². The molecule has 0 saturated heterocycles. The van der Waals surface area contributed by atoms with Gasteiger partial charge in [0.25, 0.3) is 0 Å². The maximum Gasteiger partial charge on any atom is 0.338 e. The Morgan fingerprint density at radius 2 is 2.08 bits per heavy atom. The van der Waals surface area contributed by atoms with Gasteiger partial charge in [-0.3, -0.25) is 4.79 Å². The van der Waals surface area contributed by atoms with Crippen molar-refractivity contribution < 1.29 is 23.8 Å². The van der Waals surface area contributed by atoms with Gasteiger partial charge in [0, 0.05) is 4.88 Å². The van der Waals surface area contributed by atoms with Crippen molar-refractivity contribution in [2.24, 2.45) is 5.73 Å². The van der Waals surface area contributed by atoms with Crippen LogP contribution < -0.4 is 5.73 Å². The highest BCUT2D eigenvalue weighted by atomic mass is 32.1. The average Bonchev–Trinajstić information content (AvgIpc) is 3.08. The second kappa shape index (κ2) is 8.35. The highest BCUT2D eigenvalue weighted by Crippen LogP contribution is 2.42. The largest absolute Gasteiger partial charge is 0.466 e. The fraction of sp³-hybridized carbons (Fsp3) is 0.353. The van der Waals surface area contributed by atoms with Crippen LogP contribution in [0.5, 0.6) is 0 Å². The Bertz CT molecular complexity index is 759. The van der Waals surface area contributed by atoms with Gasteiger partial charge in [0.2, 0.25) is 5.88 Å². The number of nitrogens with two attached hydrogens (primary N) is 1. The van der Waals surface area contributed by atoms with Gasteiger partial charge >= 0.3 is 11.9 Å². The number of allylic oxidation sites excluding steroid dienone is 1. The van der Waals surface area contributed by atoms with Crippen molar-refractivity contribution in [3.8, 4) is 6.07 Å². The third-order valence-electron chi connectivity index (χ3n) is 3.43. The summed E-state index contributed by atoms with van der Waals surface area (Å²) in [7, 11) is 0. The lowest BCUT2D eigenvalue weighted by molar-refractivity contribution is -0.143. The fourth-order valence-corrected chi connectivity index (χ4v) is 3.31. The second-order valence-corrected chi connectivity index (χ2v) is 5.96. The molecule has 132 valence electrons. The van der Waals surface area contributed by atoms with Crippen LogP contribution in [0.1, 0.15) is 31.1 Å². The number of thiophene rings is 1. The van der Waals surface area contributed by atoms with Crippen molar-refractivity contribution >= 4 is 23.3 Å². The Balaban J connectivity index is 2.56. The Morgan fingerprint density at radius 3 is 2.64 bits per heavy atom. The molecule has 0 saturated carbocycles. The molecule has 1 aliphatic rings. The first-order valence-electron chi connectivity index (χ1n) is 7.70. The predicted molar refractivity (Wildman–Crippen MR) is 89.9 cm³/mol. The van der Waals surface area contributed by atoms with E-state index in [0.717, 1.165) is 4.88 Å². The zero-order valence-corrected chi connectivity index (χ0v) is 14.7. The lowest BCUT2D eigenvalue weighted by Gasteiger charge is -2.26. The number of carbonyl (C=O) groups excluding carboxylic acids is 2. The number of nitriles is 1. The molecule has 7 nitrogen and oxygen atoms in total. The van der Waals surface area contributed by atoms with E-state index in [2.05, 4.69) is 0 Å². The summed E-state index contributed by atoms with van der Waals surface area (Å²) in [5.74, 6) is -2.03. The smallest absolute Gasteiger partial charge is 0.338 e. The molecule has 8 heteroatoms. The number of esters is 2. The summed E-state index contributed by atoms with van der Waals surface area (Å²) in [6.45, 7) is 3.69. The van der Waals surface area contributed by atoms with E-state index in [1.807, 2.05) is 11.4 Å². The molecule has 25 heavy (non-hydrogen) atoms. The van der Waals surface area contributed by atoms with Gasteiger partial charge in [-0.25, -0.2) is 4.79 Å². The van der Waals surface area contributed by atoms with Crippen molar-refractivity contribution in [3.05, 3.63) is 45.2 Å². The van der Waals surface area contributed by atoms with E-state index in [4.69, 9.17) is 19.9 Å². The standard InChI is InChI=1S/C17H18N2O5S/c1-3-22-13(20)8-11-15(17(21)23-4-2)14(12-6-5-7-25-12)10(9-18)16(19)24-11/h5-7,14H,3-4,8,19H2,1-2H3/t14-/m0/s1. The summed E-state index contributed by atoms with van der Waals surface area (Å²) < 4.78 is 15.5. The van der Waals surface area contributed by atoms with E-state index < -0.39 is 17.9 Å². The first-order chi connectivity index (χ1) is 12.0. The number of carbonyl (C=O) groups is 2. The van der Waals surface area contributed by atoms with Crippen LogP contribution in [0.2, 0.25) is 0 Å². The van der Waals surface area contributed by atoms with Gasteiger partial charge in [-0.15, -0.1) is 11.3 Å². The van der Waals surface area contributed by atoms with Crippen molar-refractivity contribution in [1.82, 2.24) is 0 Å². The van der Waals surface area contributed by atoms with E-state index in [1.165, 1.54) is 11.3 Å². The monoisotopic (exact) mass is 362 g/mol. The van der Waals surface area contributed by atoms with Crippen molar-refractivity contribution in [2.45, 2.75) is 26.2 Å². The van der Waals surface area contributed by atoms with Gasteiger partial charge in [0.05, 0.1) is 24.7 Å². The minimum atomic E-state index is -0.734. The van der Waals surface area contributed by atoms with Gasteiger partial charge in [0.15, 0.2) is 0 Å². The van der Waals surface area contributed by atoms with Gasteiger partial charge in [-0.2, -0.15) is 5.26 Å². The summed E-state index contributed by atoms with van der Waals surface area (Å²) in [5, 5.41) is 11.3. The van der Waals surface area contributed by atoms with Crippen LogP contribution in [-0.4, -0.2) is 25.2 Å². The third kappa shape index (κ3) is 4.00. The Morgan fingerprint density at radius 1 is 1.36 bits per heavy atom. The molecule has 2 N–H and O–H groups in total. The highest BCUT2D eigenvalue weighted by molar-refractivity contribution is 7.10. The first-order valence-corrected chi connectivity index (χ1v) is 8.58. The zero-order chi connectivity index (χ0) is 18.4. The van der Waals surface area contributed by atoms with Crippen molar-refractivity contribution in [3.63, 3.8) is 0 Å². The summed E-state index contributed by atoms with van der Waals surface area (Å²) in [6.07, 6.45) is -0.275. The van der Waals surface area contributed by atoms with Crippen LogP contribution in [0.3, 0.4) is 0 Å². The summed E-state index contributed by atoms with van der Waals surface area (Å²) >= 11 is 1.37. The molecule has 0 fully saturated rings. The Kier molecular flexibility index (Phi) is 6.19. The molecule has 0 aromatic carbocycles. The first kappa shape index (κ1) is 18.5. The number of hydrogen-bond donors (Lipinski definition) is 1. The minimum Gasteiger partial charge on any atom is -0.466 e. The molecule has 1 atom stereocenters. The molecule has 0 bridgehead atoms. The maximum absolute atomic E-state index is 12.5. The van der Waals surface area contributed by atoms with E-state index in [0.29, 0.717) is 0 Å². The molecule has 1 aromatic rings. The quantitative estimate of drug-likeness (QED) is 0.773. The molecule has 2 rings (SSSR count). The molecule has 1 aromatic heterocycles. The Labute approximate surface area is 149 Å². The zero-order valence-electron chi connectivity index (χ0n) is 13.9. The average molecular weight is 362 g/mol. The lowest BCUT2D eigenvalue weighted by Crippen LogP contribution is -2.27. The molecular weight excluding hydrogens is 344 g/mol. The van der Waals surface area contributed by atoms with E-state index in [-0.39, 0.29) is 42.4 Å². The van der Waals surface area contributed by atoms with Gasteiger partial charge in [0.1, 0.15) is 23.8 Å². The third-order valence-corrected chi connectivity index (χ3v) is 4.37. The van der Waals surface area contributed by atoms with Crippen LogP contribution in [0.15, 0.2) is 40.3 Å². The lowest BCUT2D eigenvalue weighted by atomic mass is 9.87. The normalized spacial score (nSPS) is 16.9. The predicted octanol–water partition coefficient (Wildman–Crippen LogP) is 2.33. The van der Waals surface area contributed by atoms with Crippen LogP contribution in [0.4, 0.5) is 0 Å². The molecule has 0 unspecified atom stereocenters. The number of nitrogens with zero attached hydrogens (tertiary/aromatic N) is 1. The molecule has 2 heterocycles. The van der Waals surface area contributed by atoms with Crippen molar-refractivity contribution in [2.75, 3.05) is 13.2 Å². The second-order valence-electron chi connectivity index (χ2n) is 4.98. The van der Waals surface area contributed by atoms with Crippen LogP contribution in [-0.2, 0) is 23.8 Å². The fourth-order valence-electron chi connectivity index (χ4n) is 2.46. The van der Waals surface area contributed by atoms with Gasteiger partial charge in [-0.1, -0.05) is 6.07 Å². The number of rotatable bonds is 6. The maximum atomic E-state index is 12.5. The van der Waals surface area contributed by atoms with Gasteiger partial charge in [-0.05, 0) is 25.3 Å². The van der Waals surface area contributed by atoms with Crippen LogP contribution in [0, 0.1) is 11.3 Å². The molecular formula is C17H18N2O5S. The number of ether oxygens (including phenoxy) is 3. The SMILES string of the molecule is CCOC(=O)CC1=C(C(=O)OCC)[C@H](c2cccs2)C(C#N)=C(N)O1. The van der Waals surface area contributed by atoms with E-state index in [1.54, 1.807) is 26.0 Å². The van der Waals surface area contributed by atoms with Crippen molar-refractivity contribution in [1.29, 1.82) is 5.26 Å².